The molecule has 0 bridgehead atoms. The molecule has 1 aromatic heterocycles. The average molecular weight is 429 g/mol. The van der Waals surface area contributed by atoms with Gasteiger partial charge < -0.3 is 9.30 Å². The number of anilines is 1. The number of sulfonamides is 1. The molecule has 150 valence electrons. The Hall–Kier alpha value is -2.70. The molecule has 7 heteroatoms. The number of fused-ring (bicyclic) bond motifs is 3. The van der Waals surface area contributed by atoms with Gasteiger partial charge in [-0.1, -0.05) is 29.8 Å². The maximum absolute atomic E-state index is 12.9. The van der Waals surface area contributed by atoms with Crippen LogP contribution in [0.2, 0.25) is 5.02 Å². The summed E-state index contributed by atoms with van der Waals surface area (Å²) in [7, 11) is -3.79. The summed E-state index contributed by atoms with van der Waals surface area (Å²) in [5.74, 6) is 0.460. The van der Waals surface area contributed by atoms with Crippen molar-refractivity contribution in [1.82, 2.24) is 4.57 Å². The van der Waals surface area contributed by atoms with Crippen LogP contribution < -0.4 is 9.46 Å². The van der Waals surface area contributed by atoms with Crippen LogP contribution in [0.3, 0.4) is 0 Å². The predicted octanol–water partition coefficient (Wildman–Crippen LogP) is 5.67. The highest BCUT2D eigenvalue weighted by Crippen LogP contribution is 2.32. The standard InChI is InChI=1S/C22H21ClN2O3S/c1-3-25-20-8-6-5-7-17(20)18-13-15(9-11-21(18)25)24-29(26,27)16-10-12-22(28-4-2)19(23)14-16/h5-14,24H,3-4H2,1-2H3. The number of nitrogens with one attached hydrogen (secondary N) is 1. The van der Waals surface area contributed by atoms with E-state index in [1.54, 1.807) is 12.1 Å². The van der Waals surface area contributed by atoms with Crippen LogP contribution in [0.1, 0.15) is 13.8 Å². The zero-order valence-electron chi connectivity index (χ0n) is 16.1. The van der Waals surface area contributed by atoms with E-state index in [0.29, 0.717) is 18.0 Å². The number of aryl methyl sites for hydroxylation is 1. The monoisotopic (exact) mass is 428 g/mol. The number of hydrogen-bond acceptors (Lipinski definition) is 3. The number of benzene rings is 3. The van der Waals surface area contributed by atoms with Gasteiger partial charge in [-0.25, -0.2) is 8.42 Å². The van der Waals surface area contributed by atoms with Gasteiger partial charge in [-0.05, 0) is 56.3 Å². The van der Waals surface area contributed by atoms with E-state index in [4.69, 9.17) is 16.3 Å². The lowest BCUT2D eigenvalue weighted by atomic mass is 10.1. The molecule has 3 aromatic carbocycles. The Kier molecular flexibility index (Phi) is 5.15. The second-order valence-electron chi connectivity index (χ2n) is 6.62. The smallest absolute Gasteiger partial charge is 0.261 e. The van der Waals surface area contributed by atoms with Crippen LogP contribution in [-0.2, 0) is 16.6 Å². The predicted molar refractivity (Wildman–Crippen MR) is 119 cm³/mol. The third-order valence-corrected chi connectivity index (χ3v) is 6.53. The molecule has 1 heterocycles. The molecule has 0 aliphatic carbocycles. The topological polar surface area (TPSA) is 60.3 Å². The molecular formula is C22H21ClN2O3S. The number of hydrogen-bond donors (Lipinski definition) is 1. The van der Waals surface area contributed by atoms with E-state index in [1.165, 1.54) is 12.1 Å². The van der Waals surface area contributed by atoms with Gasteiger partial charge in [0.15, 0.2) is 0 Å². The molecule has 0 saturated carbocycles. The molecule has 0 unspecified atom stereocenters. The summed E-state index contributed by atoms with van der Waals surface area (Å²) in [4.78, 5) is 0.0852. The number of aromatic nitrogens is 1. The quantitative estimate of drug-likeness (QED) is 0.430. The van der Waals surface area contributed by atoms with Crippen LogP contribution in [0.5, 0.6) is 5.75 Å². The third kappa shape index (κ3) is 3.54. The highest BCUT2D eigenvalue weighted by Gasteiger charge is 2.18. The van der Waals surface area contributed by atoms with E-state index in [-0.39, 0.29) is 9.92 Å². The number of rotatable bonds is 6. The molecule has 29 heavy (non-hydrogen) atoms. The first-order valence-corrected chi connectivity index (χ1v) is 11.3. The van der Waals surface area contributed by atoms with Crippen LogP contribution >= 0.6 is 11.6 Å². The van der Waals surface area contributed by atoms with E-state index in [9.17, 15) is 8.42 Å². The third-order valence-electron chi connectivity index (χ3n) is 4.85. The highest BCUT2D eigenvalue weighted by molar-refractivity contribution is 7.92. The zero-order chi connectivity index (χ0) is 20.6. The maximum atomic E-state index is 12.9. The van der Waals surface area contributed by atoms with Crippen molar-refractivity contribution in [2.24, 2.45) is 0 Å². The van der Waals surface area contributed by atoms with Crippen molar-refractivity contribution in [3.63, 3.8) is 0 Å². The number of ether oxygens (including phenoxy) is 1. The zero-order valence-corrected chi connectivity index (χ0v) is 17.7. The van der Waals surface area contributed by atoms with Crippen molar-refractivity contribution in [2.45, 2.75) is 25.3 Å². The van der Waals surface area contributed by atoms with Gasteiger partial charge in [0.25, 0.3) is 10.0 Å². The highest BCUT2D eigenvalue weighted by atomic mass is 35.5. The summed E-state index contributed by atoms with van der Waals surface area (Å²) < 4.78 is 36.0. The normalized spacial score (nSPS) is 11.8. The molecular weight excluding hydrogens is 408 g/mol. The van der Waals surface area contributed by atoms with Crippen LogP contribution in [-0.4, -0.2) is 19.6 Å². The molecule has 0 aliphatic heterocycles. The molecule has 0 atom stereocenters. The summed E-state index contributed by atoms with van der Waals surface area (Å²) in [6.07, 6.45) is 0. The minimum Gasteiger partial charge on any atom is -0.492 e. The van der Waals surface area contributed by atoms with Gasteiger partial charge in [0.05, 0.1) is 16.5 Å². The van der Waals surface area contributed by atoms with Gasteiger partial charge in [0.1, 0.15) is 5.75 Å². The van der Waals surface area contributed by atoms with E-state index < -0.39 is 10.0 Å². The van der Waals surface area contributed by atoms with Crippen molar-refractivity contribution in [2.75, 3.05) is 11.3 Å². The van der Waals surface area contributed by atoms with Gasteiger partial charge in [-0.2, -0.15) is 0 Å². The van der Waals surface area contributed by atoms with Crippen molar-refractivity contribution in [3.05, 3.63) is 65.7 Å². The summed E-state index contributed by atoms with van der Waals surface area (Å²) >= 11 is 6.16. The molecule has 1 N–H and O–H groups in total. The lowest BCUT2D eigenvalue weighted by Crippen LogP contribution is -2.13. The fraction of sp³-hybridized carbons (Fsp3) is 0.182. The van der Waals surface area contributed by atoms with E-state index in [2.05, 4.69) is 22.3 Å². The molecule has 0 radical (unpaired) electrons. The molecule has 4 aromatic rings. The van der Waals surface area contributed by atoms with Crippen LogP contribution in [0.15, 0.2) is 65.6 Å². The van der Waals surface area contributed by atoms with Gasteiger partial charge in [-0.3, -0.25) is 4.72 Å². The number of nitrogens with zero attached hydrogens (tertiary/aromatic N) is 1. The van der Waals surface area contributed by atoms with E-state index in [1.807, 2.05) is 37.3 Å². The first kappa shape index (κ1) is 19.6. The minimum absolute atomic E-state index is 0.0852. The van der Waals surface area contributed by atoms with E-state index >= 15 is 0 Å². The second-order valence-corrected chi connectivity index (χ2v) is 8.71. The lowest BCUT2D eigenvalue weighted by Gasteiger charge is -2.11. The van der Waals surface area contributed by atoms with Crippen molar-refractivity contribution in [1.29, 1.82) is 0 Å². The van der Waals surface area contributed by atoms with Gasteiger partial charge in [0.2, 0.25) is 0 Å². The largest absolute Gasteiger partial charge is 0.492 e. The second kappa shape index (κ2) is 7.61. The molecule has 4 rings (SSSR count). The van der Waals surface area contributed by atoms with Crippen molar-refractivity contribution >= 4 is 49.1 Å². The molecule has 0 saturated heterocycles. The first-order chi connectivity index (χ1) is 13.9. The van der Waals surface area contributed by atoms with Crippen LogP contribution in [0.25, 0.3) is 21.8 Å². The Balaban J connectivity index is 1.74. The fourth-order valence-electron chi connectivity index (χ4n) is 3.59. The Morgan fingerprint density at radius 1 is 0.966 bits per heavy atom. The van der Waals surface area contributed by atoms with E-state index in [0.717, 1.165) is 28.4 Å². The van der Waals surface area contributed by atoms with Gasteiger partial charge in [-0.15, -0.1) is 0 Å². The maximum Gasteiger partial charge on any atom is 0.261 e. The molecule has 0 fully saturated rings. The summed E-state index contributed by atoms with van der Waals surface area (Å²) in [5.41, 5.74) is 2.70. The minimum atomic E-state index is -3.79. The lowest BCUT2D eigenvalue weighted by molar-refractivity contribution is 0.340. The fourth-order valence-corrected chi connectivity index (χ4v) is 4.97. The first-order valence-electron chi connectivity index (χ1n) is 9.40. The van der Waals surface area contributed by atoms with Crippen LogP contribution in [0.4, 0.5) is 5.69 Å². The summed E-state index contributed by atoms with van der Waals surface area (Å²) in [6, 6.07) is 18.2. The molecule has 0 amide bonds. The summed E-state index contributed by atoms with van der Waals surface area (Å²) in [5, 5.41) is 2.36. The SMILES string of the molecule is CCOc1ccc(S(=O)(=O)Nc2ccc3c(c2)c2ccccc2n3CC)cc1Cl. The Morgan fingerprint density at radius 3 is 2.45 bits per heavy atom. The Morgan fingerprint density at radius 2 is 1.72 bits per heavy atom. The molecule has 0 aliphatic rings. The average Bonchev–Trinajstić information content (AvgIpc) is 3.02. The van der Waals surface area contributed by atoms with Crippen molar-refractivity contribution in [3.8, 4) is 5.75 Å². The van der Waals surface area contributed by atoms with Crippen molar-refractivity contribution < 1.29 is 13.2 Å². The molecule has 0 spiro atoms. The number of halogens is 1. The number of para-hydroxylation sites is 1. The molecule has 5 nitrogen and oxygen atoms in total. The van der Waals surface area contributed by atoms with Crippen LogP contribution in [0, 0.1) is 0 Å². The summed E-state index contributed by atoms with van der Waals surface area (Å²) in [6.45, 7) is 5.22. The Labute approximate surface area is 174 Å². The van der Waals surface area contributed by atoms with Gasteiger partial charge >= 0.3 is 0 Å². The Bertz CT molecular complexity index is 1310. The van der Waals surface area contributed by atoms with Gasteiger partial charge in [0, 0.05) is 34.0 Å².